The normalized spacial score (nSPS) is 10.4. The van der Waals surface area contributed by atoms with Gasteiger partial charge in [-0.05, 0) is 42.8 Å². The quantitative estimate of drug-likeness (QED) is 0.851. The minimum atomic E-state index is -0.303. The molecule has 0 radical (unpaired) electrons. The van der Waals surface area contributed by atoms with Gasteiger partial charge in [0.15, 0.2) is 0 Å². The number of halogens is 2. The Morgan fingerprint density at radius 1 is 1.29 bits per heavy atom. The van der Waals surface area contributed by atoms with Gasteiger partial charge in [0, 0.05) is 28.8 Å². The molecule has 0 fully saturated rings. The molecule has 2 aromatic carbocycles. The van der Waals surface area contributed by atoms with Gasteiger partial charge in [-0.2, -0.15) is 0 Å². The van der Waals surface area contributed by atoms with Crippen molar-refractivity contribution in [3.05, 3.63) is 63.9 Å². The van der Waals surface area contributed by atoms with Gasteiger partial charge in [-0.15, -0.1) is 0 Å². The lowest BCUT2D eigenvalue weighted by Crippen LogP contribution is -2.30. The Morgan fingerprint density at radius 2 is 2.05 bits per heavy atom. The molecule has 21 heavy (non-hydrogen) atoms. The average molecular weight is 351 g/mol. The number of hydrogen-bond donors (Lipinski definition) is 1. The first-order chi connectivity index (χ1) is 9.99. The first kappa shape index (κ1) is 15.5. The maximum absolute atomic E-state index is 13.2. The van der Waals surface area contributed by atoms with E-state index in [0.717, 1.165) is 10.0 Å². The lowest BCUT2D eigenvalue weighted by atomic mass is 10.1. The lowest BCUT2D eigenvalue weighted by Gasteiger charge is -2.21. The van der Waals surface area contributed by atoms with Crippen molar-refractivity contribution in [2.45, 2.75) is 13.5 Å². The first-order valence-corrected chi connectivity index (χ1v) is 7.38. The monoisotopic (exact) mass is 350 g/mol. The van der Waals surface area contributed by atoms with Crippen LogP contribution in [0.4, 0.5) is 10.1 Å². The fraction of sp³-hybridized carbons (Fsp3) is 0.188. The summed E-state index contributed by atoms with van der Waals surface area (Å²) in [6.45, 7) is 2.78. The SMILES string of the molecule is CCN(Cc1cccc(F)c1)C(=O)c1cc(N)cc(Br)c1. The van der Waals surface area contributed by atoms with Gasteiger partial charge in [0.25, 0.3) is 5.91 Å². The topological polar surface area (TPSA) is 46.3 Å². The van der Waals surface area contributed by atoms with Crippen LogP contribution in [-0.2, 0) is 6.54 Å². The molecule has 0 saturated heterocycles. The van der Waals surface area contributed by atoms with E-state index in [1.807, 2.05) is 6.92 Å². The summed E-state index contributed by atoms with van der Waals surface area (Å²) in [7, 11) is 0. The highest BCUT2D eigenvalue weighted by Gasteiger charge is 2.15. The van der Waals surface area contributed by atoms with Crippen LogP contribution in [-0.4, -0.2) is 17.4 Å². The summed E-state index contributed by atoms with van der Waals surface area (Å²) >= 11 is 3.33. The van der Waals surface area contributed by atoms with Crippen LogP contribution in [0.5, 0.6) is 0 Å². The Bertz CT molecular complexity index is 640. The zero-order valence-electron chi connectivity index (χ0n) is 11.6. The van der Waals surface area contributed by atoms with Crippen LogP contribution < -0.4 is 5.73 Å². The second-order valence-corrected chi connectivity index (χ2v) is 5.64. The van der Waals surface area contributed by atoms with Crippen molar-refractivity contribution in [3.63, 3.8) is 0 Å². The van der Waals surface area contributed by atoms with E-state index in [9.17, 15) is 9.18 Å². The Labute approximate surface area is 131 Å². The molecule has 0 aliphatic heterocycles. The number of nitrogen functional groups attached to an aromatic ring is 1. The minimum Gasteiger partial charge on any atom is -0.399 e. The van der Waals surface area contributed by atoms with Crippen molar-refractivity contribution in [1.82, 2.24) is 4.90 Å². The summed E-state index contributed by atoms with van der Waals surface area (Å²) < 4.78 is 14.0. The van der Waals surface area contributed by atoms with Gasteiger partial charge < -0.3 is 10.6 Å². The highest BCUT2D eigenvalue weighted by atomic mass is 79.9. The van der Waals surface area contributed by atoms with E-state index in [2.05, 4.69) is 15.9 Å². The number of hydrogen-bond acceptors (Lipinski definition) is 2. The molecule has 0 aromatic heterocycles. The van der Waals surface area contributed by atoms with E-state index >= 15 is 0 Å². The molecule has 0 heterocycles. The molecule has 110 valence electrons. The molecule has 0 bridgehead atoms. The highest BCUT2D eigenvalue weighted by molar-refractivity contribution is 9.10. The molecule has 2 rings (SSSR count). The maximum atomic E-state index is 13.2. The molecule has 0 aliphatic rings. The molecule has 0 saturated carbocycles. The molecule has 0 unspecified atom stereocenters. The second-order valence-electron chi connectivity index (χ2n) is 4.72. The van der Waals surface area contributed by atoms with Crippen LogP contribution in [0, 0.1) is 5.82 Å². The van der Waals surface area contributed by atoms with Gasteiger partial charge in [0.05, 0.1) is 0 Å². The van der Waals surface area contributed by atoms with Crippen molar-refractivity contribution in [1.29, 1.82) is 0 Å². The lowest BCUT2D eigenvalue weighted by molar-refractivity contribution is 0.0752. The predicted molar refractivity (Wildman–Crippen MR) is 85.4 cm³/mol. The van der Waals surface area contributed by atoms with E-state index in [-0.39, 0.29) is 11.7 Å². The maximum Gasteiger partial charge on any atom is 0.254 e. The second kappa shape index (κ2) is 6.72. The Kier molecular flexibility index (Phi) is 4.96. The van der Waals surface area contributed by atoms with Crippen LogP contribution in [0.25, 0.3) is 0 Å². The number of rotatable bonds is 4. The van der Waals surface area contributed by atoms with Crippen molar-refractivity contribution >= 4 is 27.5 Å². The van der Waals surface area contributed by atoms with Gasteiger partial charge >= 0.3 is 0 Å². The fourth-order valence-electron chi connectivity index (χ4n) is 2.10. The summed E-state index contributed by atoms with van der Waals surface area (Å²) in [6, 6.07) is 11.4. The largest absolute Gasteiger partial charge is 0.399 e. The van der Waals surface area contributed by atoms with E-state index < -0.39 is 0 Å². The van der Waals surface area contributed by atoms with Crippen LogP contribution >= 0.6 is 15.9 Å². The summed E-state index contributed by atoms with van der Waals surface area (Å²) in [5.74, 6) is -0.433. The van der Waals surface area contributed by atoms with Gasteiger partial charge in [-0.3, -0.25) is 4.79 Å². The molecule has 1 amide bonds. The summed E-state index contributed by atoms with van der Waals surface area (Å²) in [4.78, 5) is 14.2. The fourth-order valence-corrected chi connectivity index (χ4v) is 2.61. The molecule has 2 aromatic rings. The number of nitrogens with two attached hydrogens (primary N) is 1. The third-order valence-electron chi connectivity index (χ3n) is 3.10. The van der Waals surface area contributed by atoms with Crippen molar-refractivity contribution in [3.8, 4) is 0 Å². The van der Waals surface area contributed by atoms with Crippen LogP contribution in [0.2, 0.25) is 0 Å². The Morgan fingerprint density at radius 3 is 2.67 bits per heavy atom. The molecule has 0 aliphatic carbocycles. The number of carbonyl (C=O) groups excluding carboxylic acids is 1. The number of carbonyl (C=O) groups is 1. The predicted octanol–water partition coefficient (Wildman–Crippen LogP) is 3.83. The molecule has 0 spiro atoms. The standard InChI is InChI=1S/C16H16BrFN2O/c1-2-20(10-11-4-3-5-14(18)6-11)16(21)12-7-13(17)9-15(19)8-12/h3-9H,2,10,19H2,1H3. The third kappa shape index (κ3) is 4.04. The average Bonchev–Trinajstić information content (AvgIpc) is 2.43. The van der Waals surface area contributed by atoms with Gasteiger partial charge in [-0.1, -0.05) is 28.1 Å². The summed E-state index contributed by atoms with van der Waals surface area (Å²) in [6.07, 6.45) is 0. The number of nitrogens with zero attached hydrogens (tertiary/aromatic N) is 1. The summed E-state index contributed by atoms with van der Waals surface area (Å²) in [5, 5.41) is 0. The van der Waals surface area contributed by atoms with E-state index in [1.54, 1.807) is 35.2 Å². The van der Waals surface area contributed by atoms with Crippen LogP contribution in [0.3, 0.4) is 0 Å². The summed E-state index contributed by atoms with van der Waals surface area (Å²) in [5.41, 5.74) is 7.56. The van der Waals surface area contributed by atoms with Gasteiger partial charge in [0.1, 0.15) is 5.82 Å². The van der Waals surface area contributed by atoms with Crippen molar-refractivity contribution < 1.29 is 9.18 Å². The zero-order valence-corrected chi connectivity index (χ0v) is 13.2. The molecular weight excluding hydrogens is 335 g/mol. The Balaban J connectivity index is 2.22. The first-order valence-electron chi connectivity index (χ1n) is 6.59. The van der Waals surface area contributed by atoms with E-state index in [4.69, 9.17) is 5.73 Å². The number of anilines is 1. The number of benzene rings is 2. The zero-order chi connectivity index (χ0) is 15.4. The van der Waals surface area contributed by atoms with Crippen LogP contribution in [0.15, 0.2) is 46.9 Å². The smallest absolute Gasteiger partial charge is 0.254 e. The van der Waals surface area contributed by atoms with E-state index in [0.29, 0.717) is 24.3 Å². The van der Waals surface area contributed by atoms with Gasteiger partial charge in [0.2, 0.25) is 0 Å². The molecule has 2 N–H and O–H groups in total. The Hall–Kier alpha value is -1.88. The minimum absolute atomic E-state index is 0.130. The molecule has 5 heteroatoms. The van der Waals surface area contributed by atoms with Gasteiger partial charge in [-0.25, -0.2) is 4.39 Å². The third-order valence-corrected chi connectivity index (χ3v) is 3.56. The molecular formula is C16H16BrFN2O. The molecule has 3 nitrogen and oxygen atoms in total. The highest BCUT2D eigenvalue weighted by Crippen LogP contribution is 2.19. The van der Waals surface area contributed by atoms with Crippen LogP contribution in [0.1, 0.15) is 22.8 Å². The number of amides is 1. The molecule has 0 atom stereocenters. The van der Waals surface area contributed by atoms with Crippen molar-refractivity contribution in [2.75, 3.05) is 12.3 Å². The van der Waals surface area contributed by atoms with E-state index in [1.165, 1.54) is 12.1 Å². The van der Waals surface area contributed by atoms with Crippen molar-refractivity contribution in [2.24, 2.45) is 0 Å².